The molecule has 1 aromatic heterocycles. The van der Waals surface area contributed by atoms with E-state index in [0.717, 1.165) is 33.4 Å². The number of aryl methyl sites for hydroxylation is 2. The lowest BCUT2D eigenvalue weighted by Crippen LogP contribution is -1.93. The topological polar surface area (TPSA) is 31.6 Å². The average Bonchev–Trinajstić information content (AvgIpc) is 2.80. The average molecular weight is 270 g/mol. The molecule has 0 unspecified atom stereocenters. The number of furan rings is 1. The molecule has 0 atom stereocenters. The van der Waals surface area contributed by atoms with Crippen LogP contribution in [-0.4, -0.2) is 14.2 Å². The summed E-state index contributed by atoms with van der Waals surface area (Å²) in [4.78, 5) is 0. The highest BCUT2D eigenvalue weighted by atomic mass is 16.5. The van der Waals surface area contributed by atoms with E-state index in [9.17, 15) is 0 Å². The normalized spacial score (nSPS) is 11.4. The van der Waals surface area contributed by atoms with E-state index in [2.05, 4.69) is 32.0 Å². The monoisotopic (exact) mass is 270 g/mol. The molecule has 3 rings (SSSR count). The summed E-state index contributed by atoms with van der Waals surface area (Å²) < 4.78 is 16.4. The number of hydrogen-bond donors (Lipinski definition) is 0. The molecule has 1 heterocycles. The second-order valence-electron chi connectivity index (χ2n) is 5.13. The molecule has 3 heteroatoms. The number of methoxy groups -OCH3 is 2. The van der Waals surface area contributed by atoms with Crippen molar-refractivity contribution in [1.29, 1.82) is 0 Å². The summed E-state index contributed by atoms with van der Waals surface area (Å²) in [5.41, 5.74) is 4.30. The predicted molar refractivity (Wildman–Crippen MR) is 80.5 cm³/mol. The van der Waals surface area contributed by atoms with Gasteiger partial charge in [0.1, 0.15) is 11.3 Å². The number of fused-ring (bicyclic) bond motifs is 3. The quantitative estimate of drug-likeness (QED) is 0.708. The van der Waals surface area contributed by atoms with Crippen molar-refractivity contribution in [2.24, 2.45) is 0 Å². The lowest BCUT2D eigenvalue weighted by molar-refractivity contribution is 0.186. The molecule has 0 saturated carbocycles. The number of hydrogen-bond acceptors (Lipinski definition) is 3. The van der Waals surface area contributed by atoms with Gasteiger partial charge < -0.3 is 13.9 Å². The minimum absolute atomic E-state index is 0.554. The Balaban J connectivity index is 2.47. The Labute approximate surface area is 118 Å². The van der Waals surface area contributed by atoms with Crippen LogP contribution in [0.4, 0.5) is 0 Å². The van der Waals surface area contributed by atoms with Crippen molar-refractivity contribution in [3.63, 3.8) is 0 Å². The Morgan fingerprint density at radius 3 is 2.50 bits per heavy atom. The van der Waals surface area contributed by atoms with Crippen molar-refractivity contribution in [2.45, 2.75) is 20.5 Å². The second kappa shape index (κ2) is 4.84. The summed E-state index contributed by atoms with van der Waals surface area (Å²) in [5, 5.41) is 3.52. The van der Waals surface area contributed by atoms with Crippen LogP contribution in [0.3, 0.4) is 0 Å². The SMILES string of the molecule is COCc1cc2occ(C)c2c2cc(C)c(OC)cc12. The third-order valence-corrected chi connectivity index (χ3v) is 3.76. The molecule has 0 fully saturated rings. The van der Waals surface area contributed by atoms with Gasteiger partial charge in [-0.05, 0) is 59.5 Å². The summed E-state index contributed by atoms with van der Waals surface area (Å²) in [5.74, 6) is 0.898. The third kappa shape index (κ3) is 1.86. The van der Waals surface area contributed by atoms with Gasteiger partial charge in [0.25, 0.3) is 0 Å². The molecule has 0 N–H and O–H groups in total. The highest BCUT2D eigenvalue weighted by molar-refractivity contribution is 6.09. The molecule has 0 amide bonds. The van der Waals surface area contributed by atoms with Crippen LogP contribution in [0.2, 0.25) is 0 Å². The standard InChI is InChI=1S/C17H18O3/c1-10-5-14-13(7-15(10)19-4)12(9-18-3)6-16-17(14)11(2)8-20-16/h5-8H,9H2,1-4H3. The highest BCUT2D eigenvalue weighted by Gasteiger charge is 2.13. The molecule has 0 spiro atoms. The molecule has 2 aromatic carbocycles. The fourth-order valence-corrected chi connectivity index (χ4v) is 2.81. The van der Waals surface area contributed by atoms with Crippen LogP contribution in [0.1, 0.15) is 16.7 Å². The highest BCUT2D eigenvalue weighted by Crippen LogP contribution is 2.36. The minimum atomic E-state index is 0.554. The van der Waals surface area contributed by atoms with Crippen LogP contribution < -0.4 is 4.74 Å². The van der Waals surface area contributed by atoms with Crippen molar-refractivity contribution in [3.05, 3.63) is 41.2 Å². The molecule has 0 bridgehead atoms. The zero-order valence-corrected chi connectivity index (χ0v) is 12.2. The van der Waals surface area contributed by atoms with Gasteiger partial charge in [-0.15, -0.1) is 0 Å². The van der Waals surface area contributed by atoms with Gasteiger partial charge in [-0.3, -0.25) is 0 Å². The summed E-state index contributed by atoms with van der Waals surface area (Å²) >= 11 is 0. The molecule has 0 saturated heterocycles. The van der Waals surface area contributed by atoms with E-state index in [4.69, 9.17) is 13.9 Å². The lowest BCUT2D eigenvalue weighted by atomic mass is 9.97. The van der Waals surface area contributed by atoms with Crippen LogP contribution >= 0.6 is 0 Å². The number of benzene rings is 2. The summed E-state index contributed by atoms with van der Waals surface area (Å²) in [6.07, 6.45) is 1.81. The Kier molecular flexibility index (Phi) is 3.14. The zero-order valence-electron chi connectivity index (χ0n) is 12.2. The molecule has 20 heavy (non-hydrogen) atoms. The fourth-order valence-electron chi connectivity index (χ4n) is 2.81. The fraction of sp³-hybridized carbons (Fsp3) is 0.294. The molecule has 0 aliphatic carbocycles. The van der Waals surface area contributed by atoms with Crippen molar-refractivity contribution >= 4 is 21.7 Å². The maximum Gasteiger partial charge on any atom is 0.135 e. The Morgan fingerprint density at radius 2 is 1.80 bits per heavy atom. The lowest BCUT2D eigenvalue weighted by Gasteiger charge is -2.12. The molecule has 0 radical (unpaired) electrons. The second-order valence-corrected chi connectivity index (χ2v) is 5.13. The first-order chi connectivity index (χ1) is 9.65. The minimum Gasteiger partial charge on any atom is -0.496 e. The van der Waals surface area contributed by atoms with Crippen LogP contribution in [0, 0.1) is 13.8 Å². The maximum absolute atomic E-state index is 5.65. The van der Waals surface area contributed by atoms with Crippen LogP contribution in [0.25, 0.3) is 21.7 Å². The van der Waals surface area contributed by atoms with Gasteiger partial charge in [0.05, 0.1) is 20.0 Å². The van der Waals surface area contributed by atoms with E-state index in [0.29, 0.717) is 6.61 Å². The van der Waals surface area contributed by atoms with Gasteiger partial charge in [0.15, 0.2) is 0 Å². The third-order valence-electron chi connectivity index (χ3n) is 3.76. The molecule has 0 aliphatic rings. The molecule has 104 valence electrons. The van der Waals surface area contributed by atoms with E-state index >= 15 is 0 Å². The van der Waals surface area contributed by atoms with E-state index in [1.807, 2.05) is 0 Å². The summed E-state index contributed by atoms with van der Waals surface area (Å²) in [7, 11) is 3.40. The van der Waals surface area contributed by atoms with Crippen molar-refractivity contribution in [1.82, 2.24) is 0 Å². The molecule has 0 aliphatic heterocycles. The first-order valence-corrected chi connectivity index (χ1v) is 6.62. The van der Waals surface area contributed by atoms with Crippen LogP contribution in [0.15, 0.2) is 28.9 Å². The molecular weight excluding hydrogens is 252 g/mol. The van der Waals surface area contributed by atoms with Gasteiger partial charge >= 0.3 is 0 Å². The first kappa shape index (κ1) is 13.0. The number of rotatable bonds is 3. The van der Waals surface area contributed by atoms with E-state index in [-0.39, 0.29) is 0 Å². The first-order valence-electron chi connectivity index (χ1n) is 6.62. The number of ether oxygens (including phenoxy) is 2. The Morgan fingerprint density at radius 1 is 1.00 bits per heavy atom. The van der Waals surface area contributed by atoms with Crippen LogP contribution in [0.5, 0.6) is 5.75 Å². The van der Waals surface area contributed by atoms with Crippen molar-refractivity contribution in [3.8, 4) is 5.75 Å². The van der Waals surface area contributed by atoms with Gasteiger partial charge in [-0.1, -0.05) is 0 Å². The van der Waals surface area contributed by atoms with Gasteiger partial charge in [0.2, 0.25) is 0 Å². The Bertz CT molecular complexity index is 784. The maximum atomic E-state index is 5.65. The zero-order chi connectivity index (χ0) is 14.3. The van der Waals surface area contributed by atoms with E-state index in [1.165, 1.54) is 10.8 Å². The smallest absolute Gasteiger partial charge is 0.135 e. The van der Waals surface area contributed by atoms with Crippen LogP contribution in [-0.2, 0) is 11.3 Å². The van der Waals surface area contributed by atoms with E-state index < -0.39 is 0 Å². The van der Waals surface area contributed by atoms with Gasteiger partial charge in [-0.25, -0.2) is 0 Å². The van der Waals surface area contributed by atoms with E-state index in [1.54, 1.807) is 20.5 Å². The summed E-state index contributed by atoms with van der Waals surface area (Å²) in [6, 6.07) is 6.31. The summed E-state index contributed by atoms with van der Waals surface area (Å²) in [6.45, 7) is 4.68. The molecule has 3 nitrogen and oxygen atoms in total. The van der Waals surface area contributed by atoms with Gasteiger partial charge in [-0.2, -0.15) is 0 Å². The van der Waals surface area contributed by atoms with Crippen molar-refractivity contribution in [2.75, 3.05) is 14.2 Å². The molecule has 3 aromatic rings. The van der Waals surface area contributed by atoms with Gasteiger partial charge in [0, 0.05) is 12.5 Å². The van der Waals surface area contributed by atoms with Crippen molar-refractivity contribution < 1.29 is 13.9 Å². The molecular formula is C17H18O3. The predicted octanol–water partition coefficient (Wildman–Crippen LogP) is 4.36. The Hall–Kier alpha value is -2.00. The largest absolute Gasteiger partial charge is 0.496 e.